The molecule has 0 spiro atoms. The molecule has 0 aromatic carbocycles. The Labute approximate surface area is 104 Å². The lowest BCUT2D eigenvalue weighted by Crippen LogP contribution is -2.53. The Bertz CT molecular complexity index is 221. The minimum absolute atomic E-state index is 0.439. The van der Waals surface area contributed by atoms with Crippen molar-refractivity contribution in [1.29, 1.82) is 0 Å². The number of rotatable bonds is 1. The van der Waals surface area contributed by atoms with Gasteiger partial charge in [-0.3, -0.25) is 4.79 Å². The molecule has 1 fully saturated rings. The summed E-state index contributed by atoms with van der Waals surface area (Å²) in [5.41, 5.74) is 5.28. The molecule has 0 saturated carbocycles. The van der Waals surface area contributed by atoms with Gasteiger partial charge in [-0.1, -0.05) is 47.8 Å². The highest BCUT2D eigenvalue weighted by Crippen LogP contribution is 2.54. The smallest absolute Gasteiger partial charge is 0.252 e. The molecule has 1 aliphatic heterocycles. The summed E-state index contributed by atoms with van der Waals surface area (Å²) in [7, 11) is 0. The van der Waals surface area contributed by atoms with Crippen LogP contribution >= 0.6 is 63.9 Å². The van der Waals surface area contributed by atoms with Crippen molar-refractivity contribution < 1.29 is 4.79 Å². The molecule has 0 unspecified atom stereocenters. The third kappa shape index (κ3) is 1.51. The van der Waals surface area contributed by atoms with Gasteiger partial charge in [0.1, 0.15) is 3.23 Å². The number of hydrogen-bond donors (Lipinski definition) is 1. The summed E-state index contributed by atoms with van der Waals surface area (Å²) in [6.45, 7) is 0.727. The monoisotopic (exact) mass is 426 g/mol. The first-order valence-electron chi connectivity index (χ1n) is 3.12. The minimum Gasteiger partial charge on any atom is -0.367 e. The normalized spacial score (nSPS) is 35.3. The van der Waals surface area contributed by atoms with E-state index in [9.17, 15) is 4.79 Å². The molecule has 1 heterocycles. The summed E-state index contributed by atoms with van der Waals surface area (Å²) in [6, 6.07) is 0. The van der Waals surface area contributed by atoms with E-state index in [-0.39, 0.29) is 0 Å². The van der Waals surface area contributed by atoms with Crippen molar-refractivity contribution in [3.63, 3.8) is 0 Å². The summed E-state index contributed by atoms with van der Waals surface area (Å²) in [5, 5.41) is 0. The Morgan fingerprint density at radius 3 is 2.08 bits per heavy atom. The lowest BCUT2D eigenvalue weighted by molar-refractivity contribution is -0.121. The van der Waals surface area contributed by atoms with Crippen LogP contribution in [0, 0.1) is 0 Å². The molecule has 0 radical (unpaired) electrons. The van der Waals surface area contributed by atoms with E-state index in [0.29, 0.717) is 0 Å². The lowest BCUT2D eigenvalue weighted by atomic mass is 10.2. The van der Waals surface area contributed by atoms with Crippen molar-refractivity contribution >= 4 is 69.8 Å². The molecule has 3 nitrogen and oxygen atoms in total. The molecule has 1 rings (SSSR count). The van der Waals surface area contributed by atoms with Gasteiger partial charge in [-0.15, -0.1) is 0 Å². The quantitative estimate of drug-likeness (QED) is 0.394. The topological polar surface area (TPSA) is 46.3 Å². The summed E-state index contributed by atoms with van der Waals surface area (Å²) >= 11 is 13.4. The van der Waals surface area contributed by atoms with Gasteiger partial charge in [0.2, 0.25) is 0 Å². The Kier molecular flexibility index (Phi) is 3.32. The molecular weight excluding hydrogens is 424 g/mol. The van der Waals surface area contributed by atoms with Crippen molar-refractivity contribution in [3.8, 4) is 0 Å². The number of carbonyl (C=O) groups excluding carboxylic acids is 1. The zero-order valence-electron chi connectivity index (χ0n) is 5.86. The van der Waals surface area contributed by atoms with Gasteiger partial charge in [-0.2, -0.15) is 0 Å². The molecule has 0 bridgehead atoms. The Balaban J connectivity index is 3.06. The highest BCUT2D eigenvalue weighted by Gasteiger charge is 2.59. The van der Waals surface area contributed by atoms with Gasteiger partial charge in [0.15, 0.2) is 4.45 Å². The number of carbonyl (C=O) groups is 1. The maximum atomic E-state index is 11.2. The van der Waals surface area contributed by atoms with Crippen LogP contribution in [0.5, 0.6) is 0 Å². The summed E-state index contributed by atoms with van der Waals surface area (Å²) in [4.78, 5) is 11.2. The van der Waals surface area contributed by atoms with E-state index in [1.807, 2.05) is 0 Å². The van der Waals surface area contributed by atoms with Crippen LogP contribution in [0.15, 0.2) is 0 Å². The van der Waals surface area contributed by atoms with Crippen LogP contribution in [0.4, 0.5) is 0 Å². The molecule has 1 amide bonds. The van der Waals surface area contributed by atoms with E-state index in [0.717, 1.165) is 13.0 Å². The molecule has 0 aliphatic carbocycles. The van der Waals surface area contributed by atoms with E-state index < -0.39 is 13.6 Å². The third-order valence-electron chi connectivity index (χ3n) is 1.77. The van der Waals surface area contributed by atoms with Gasteiger partial charge in [0.25, 0.3) is 5.91 Å². The number of nitrogens with zero attached hydrogens (tertiary/aromatic N) is 1. The largest absolute Gasteiger partial charge is 0.367 e. The number of hydrogen-bond acceptors (Lipinski definition) is 2. The molecule has 70 valence electrons. The average Bonchev–Trinajstić information content (AvgIpc) is 2.15. The van der Waals surface area contributed by atoms with Gasteiger partial charge in [0.05, 0.1) is 0 Å². The molecule has 1 atom stereocenters. The van der Waals surface area contributed by atoms with Crippen molar-refractivity contribution in [2.75, 3.05) is 6.54 Å². The maximum absolute atomic E-state index is 11.2. The summed E-state index contributed by atoms with van der Waals surface area (Å²) in [6.07, 6.45) is 0.770. The molecule has 1 saturated heterocycles. The van der Waals surface area contributed by atoms with E-state index in [4.69, 9.17) is 5.73 Å². The first-order valence-corrected chi connectivity index (χ1v) is 6.21. The Morgan fingerprint density at radius 1 is 1.42 bits per heavy atom. The van der Waals surface area contributed by atoms with Crippen LogP contribution < -0.4 is 5.73 Å². The SMILES string of the molecule is NC(=O)[C@@]1(Br)N(Br)CCC1(Br)Br. The lowest BCUT2D eigenvalue weighted by Gasteiger charge is -2.32. The number of alkyl halides is 3. The fourth-order valence-electron chi connectivity index (χ4n) is 1.04. The highest BCUT2D eigenvalue weighted by molar-refractivity contribution is 9.26. The molecule has 0 aromatic heterocycles. The van der Waals surface area contributed by atoms with Crippen LogP contribution in [-0.4, -0.2) is 24.1 Å². The summed E-state index contributed by atoms with van der Waals surface area (Å²) in [5.74, 6) is -0.439. The van der Waals surface area contributed by atoms with Crippen LogP contribution in [0.3, 0.4) is 0 Å². The second-order valence-corrected chi connectivity index (χ2v) is 8.30. The van der Waals surface area contributed by atoms with Gasteiger partial charge < -0.3 is 5.73 Å². The second-order valence-electron chi connectivity index (χ2n) is 2.53. The average molecular weight is 430 g/mol. The van der Waals surface area contributed by atoms with Gasteiger partial charge in [-0.25, -0.2) is 3.93 Å². The Hall–Kier alpha value is 1.35. The Morgan fingerprint density at radius 2 is 1.92 bits per heavy atom. The molecule has 0 aromatic rings. The van der Waals surface area contributed by atoms with E-state index in [2.05, 4.69) is 63.9 Å². The zero-order valence-corrected chi connectivity index (χ0v) is 12.2. The standard InChI is InChI=1S/C5H6Br4N2O/c6-4(7)1-2-11(9)5(4,8)3(10)12/h1-2H2,(H2,10,12)/t5-/m1/s1. The zero-order chi connectivity index (χ0) is 9.57. The highest BCUT2D eigenvalue weighted by atomic mass is 79.9. The second kappa shape index (κ2) is 3.49. The number of amides is 1. The number of halogens is 4. The van der Waals surface area contributed by atoms with Gasteiger partial charge >= 0.3 is 0 Å². The van der Waals surface area contributed by atoms with Gasteiger partial charge in [0, 0.05) is 22.7 Å². The van der Waals surface area contributed by atoms with Crippen LogP contribution in [-0.2, 0) is 4.79 Å². The van der Waals surface area contributed by atoms with Crippen molar-refractivity contribution in [1.82, 2.24) is 3.93 Å². The van der Waals surface area contributed by atoms with Crippen molar-refractivity contribution in [2.45, 2.75) is 14.1 Å². The van der Waals surface area contributed by atoms with Gasteiger partial charge in [-0.05, 0) is 6.42 Å². The van der Waals surface area contributed by atoms with E-state index in [1.165, 1.54) is 0 Å². The summed E-state index contributed by atoms with van der Waals surface area (Å²) < 4.78 is 0.258. The number of nitrogens with two attached hydrogens (primary N) is 1. The first-order chi connectivity index (χ1) is 5.32. The predicted molar refractivity (Wildman–Crippen MR) is 61.7 cm³/mol. The van der Waals surface area contributed by atoms with Crippen LogP contribution in [0.1, 0.15) is 6.42 Å². The fourth-order valence-corrected chi connectivity index (χ4v) is 3.72. The number of primary amides is 1. The molecule has 7 heteroatoms. The molecule has 1 aliphatic rings. The van der Waals surface area contributed by atoms with Crippen LogP contribution in [0.25, 0.3) is 0 Å². The third-order valence-corrected chi connectivity index (χ3v) is 7.63. The molecular formula is C5H6Br4N2O. The van der Waals surface area contributed by atoms with Crippen molar-refractivity contribution in [2.24, 2.45) is 5.73 Å². The molecule has 2 N–H and O–H groups in total. The molecule has 12 heavy (non-hydrogen) atoms. The van der Waals surface area contributed by atoms with Crippen LogP contribution in [0.2, 0.25) is 0 Å². The van der Waals surface area contributed by atoms with Crippen molar-refractivity contribution in [3.05, 3.63) is 0 Å². The van der Waals surface area contributed by atoms with E-state index in [1.54, 1.807) is 3.93 Å². The maximum Gasteiger partial charge on any atom is 0.252 e. The predicted octanol–water partition coefficient (Wildman–Crippen LogP) is 2.06. The fraction of sp³-hybridized carbons (Fsp3) is 0.800. The minimum atomic E-state index is -0.917. The van der Waals surface area contributed by atoms with E-state index >= 15 is 0 Å². The first kappa shape index (κ1) is 11.4.